The first-order chi connectivity index (χ1) is 8.87. The third kappa shape index (κ3) is 3.08. The number of nitrogens with one attached hydrogen (secondary N) is 1. The molecule has 0 aliphatic heterocycles. The van der Waals surface area contributed by atoms with Crippen LogP contribution in [0.25, 0.3) is 0 Å². The number of benzene rings is 1. The quantitative estimate of drug-likeness (QED) is 0.871. The molecule has 2 atom stereocenters. The monoisotopic (exact) mass is 265 g/mol. The molecule has 1 aromatic carbocycles. The normalized spacial score (nSPS) is 30.1. The molecule has 0 amide bonds. The fourth-order valence-corrected chi connectivity index (χ4v) is 3.21. The lowest BCUT2D eigenvalue weighted by Gasteiger charge is -2.48. The minimum atomic E-state index is -0.284. The molecule has 1 aliphatic carbocycles. The second kappa shape index (κ2) is 5.12. The summed E-state index contributed by atoms with van der Waals surface area (Å²) in [6.07, 6.45) is 3.11. The molecule has 1 aromatic rings. The minimum Gasteiger partial charge on any atom is -0.394 e. The first-order valence-electron chi connectivity index (χ1n) is 7.02. The molecule has 0 spiro atoms. The third-order valence-corrected chi connectivity index (χ3v) is 4.57. The lowest BCUT2D eigenvalue weighted by atomic mass is 9.64. The number of hydrogen-bond acceptors (Lipinski definition) is 2. The van der Waals surface area contributed by atoms with Crippen LogP contribution < -0.4 is 5.32 Å². The van der Waals surface area contributed by atoms with E-state index in [-0.39, 0.29) is 18.0 Å². The Labute approximate surface area is 115 Å². The Morgan fingerprint density at radius 3 is 2.42 bits per heavy atom. The van der Waals surface area contributed by atoms with Crippen LogP contribution in [0.2, 0.25) is 0 Å². The summed E-state index contributed by atoms with van der Waals surface area (Å²) in [4.78, 5) is 0. The molecule has 0 bridgehead atoms. The van der Waals surface area contributed by atoms with Gasteiger partial charge < -0.3 is 10.4 Å². The molecule has 1 aliphatic rings. The third-order valence-electron chi connectivity index (χ3n) is 4.57. The zero-order valence-electron chi connectivity index (χ0n) is 12.0. The van der Waals surface area contributed by atoms with Gasteiger partial charge in [-0.25, -0.2) is 4.39 Å². The van der Waals surface area contributed by atoms with Crippen LogP contribution in [-0.4, -0.2) is 17.3 Å². The molecule has 2 unspecified atom stereocenters. The summed E-state index contributed by atoms with van der Waals surface area (Å²) >= 11 is 0. The van der Waals surface area contributed by atoms with Gasteiger partial charge in [0.15, 0.2) is 0 Å². The molecular formula is C16H24FNO. The van der Waals surface area contributed by atoms with Gasteiger partial charge in [-0.15, -0.1) is 0 Å². The first kappa shape index (κ1) is 14.3. The van der Waals surface area contributed by atoms with Crippen molar-refractivity contribution in [2.45, 2.75) is 45.6 Å². The van der Waals surface area contributed by atoms with E-state index >= 15 is 0 Å². The topological polar surface area (TPSA) is 32.3 Å². The fraction of sp³-hybridized carbons (Fsp3) is 0.625. The van der Waals surface area contributed by atoms with Crippen LogP contribution in [0.15, 0.2) is 24.3 Å². The van der Waals surface area contributed by atoms with Gasteiger partial charge in [0.05, 0.1) is 12.1 Å². The molecule has 2 nitrogen and oxygen atoms in total. The number of aliphatic hydroxyl groups excluding tert-OH is 1. The van der Waals surface area contributed by atoms with Gasteiger partial charge >= 0.3 is 0 Å². The number of hydrogen-bond donors (Lipinski definition) is 2. The second-order valence-electron chi connectivity index (χ2n) is 6.72. The zero-order valence-corrected chi connectivity index (χ0v) is 12.0. The second-order valence-corrected chi connectivity index (χ2v) is 6.72. The molecule has 0 saturated heterocycles. The van der Waals surface area contributed by atoms with Crippen LogP contribution in [0.5, 0.6) is 0 Å². The van der Waals surface area contributed by atoms with Crippen LogP contribution >= 0.6 is 0 Å². The molecule has 0 aromatic heterocycles. The number of aliphatic hydroxyl groups is 1. The van der Waals surface area contributed by atoms with E-state index in [0.29, 0.717) is 11.3 Å². The van der Waals surface area contributed by atoms with Crippen LogP contribution in [0.1, 0.15) is 40.0 Å². The average molecular weight is 265 g/mol. The van der Waals surface area contributed by atoms with E-state index in [1.165, 1.54) is 12.1 Å². The summed E-state index contributed by atoms with van der Waals surface area (Å²) in [5, 5.41) is 13.3. The summed E-state index contributed by atoms with van der Waals surface area (Å²) in [5.41, 5.74) is 0.928. The van der Waals surface area contributed by atoms with Crippen molar-refractivity contribution in [3.63, 3.8) is 0 Å². The van der Waals surface area contributed by atoms with Crippen molar-refractivity contribution in [2.75, 3.05) is 11.9 Å². The predicted octanol–water partition coefficient (Wildman–Crippen LogP) is 3.81. The Morgan fingerprint density at radius 1 is 1.26 bits per heavy atom. The van der Waals surface area contributed by atoms with E-state index in [2.05, 4.69) is 26.1 Å². The maximum absolute atomic E-state index is 12.9. The highest BCUT2D eigenvalue weighted by atomic mass is 19.1. The van der Waals surface area contributed by atoms with E-state index in [0.717, 1.165) is 24.9 Å². The molecule has 1 fully saturated rings. The van der Waals surface area contributed by atoms with E-state index in [9.17, 15) is 9.50 Å². The minimum absolute atomic E-state index is 0.113. The van der Waals surface area contributed by atoms with Gasteiger partial charge in [-0.05, 0) is 54.9 Å². The zero-order chi connectivity index (χ0) is 14.1. The van der Waals surface area contributed by atoms with Crippen molar-refractivity contribution < 1.29 is 9.50 Å². The summed E-state index contributed by atoms with van der Waals surface area (Å²) < 4.78 is 12.9. The lowest BCUT2D eigenvalue weighted by Crippen LogP contribution is -2.52. The van der Waals surface area contributed by atoms with Crippen molar-refractivity contribution in [1.82, 2.24) is 0 Å². The van der Waals surface area contributed by atoms with Gasteiger partial charge in [-0.1, -0.05) is 20.8 Å². The average Bonchev–Trinajstić information content (AvgIpc) is 2.35. The maximum atomic E-state index is 12.9. The summed E-state index contributed by atoms with van der Waals surface area (Å²) in [6, 6.07) is 6.37. The summed E-state index contributed by atoms with van der Waals surface area (Å²) in [6.45, 7) is 6.86. The number of halogens is 1. The van der Waals surface area contributed by atoms with Gasteiger partial charge in [-0.2, -0.15) is 0 Å². The molecule has 0 radical (unpaired) electrons. The van der Waals surface area contributed by atoms with Crippen LogP contribution in [0.3, 0.4) is 0 Å². The predicted molar refractivity (Wildman–Crippen MR) is 76.6 cm³/mol. The van der Waals surface area contributed by atoms with Crippen LogP contribution in [0.4, 0.5) is 10.1 Å². The van der Waals surface area contributed by atoms with Gasteiger partial charge in [0.1, 0.15) is 5.82 Å². The maximum Gasteiger partial charge on any atom is 0.123 e. The summed E-state index contributed by atoms with van der Waals surface area (Å²) in [7, 11) is 0. The van der Waals surface area contributed by atoms with Gasteiger partial charge in [0.25, 0.3) is 0 Å². The van der Waals surface area contributed by atoms with E-state index < -0.39 is 0 Å². The Bertz CT molecular complexity index is 429. The van der Waals surface area contributed by atoms with E-state index in [1.54, 1.807) is 12.1 Å². The highest BCUT2D eigenvalue weighted by Crippen LogP contribution is 2.45. The molecule has 2 N–H and O–H groups in total. The SMILES string of the molecule is CC1CC(C)(C)CCC1(CO)Nc1ccc(F)cc1. The Kier molecular flexibility index (Phi) is 3.86. The molecular weight excluding hydrogens is 241 g/mol. The highest BCUT2D eigenvalue weighted by Gasteiger charge is 2.43. The van der Waals surface area contributed by atoms with Gasteiger partial charge in [0, 0.05) is 5.69 Å². The molecule has 3 heteroatoms. The van der Waals surface area contributed by atoms with Crippen molar-refractivity contribution in [1.29, 1.82) is 0 Å². The van der Waals surface area contributed by atoms with Gasteiger partial charge in [-0.3, -0.25) is 0 Å². The molecule has 1 saturated carbocycles. The fourth-order valence-electron chi connectivity index (χ4n) is 3.21. The molecule has 19 heavy (non-hydrogen) atoms. The first-order valence-corrected chi connectivity index (χ1v) is 7.02. The highest BCUT2D eigenvalue weighted by molar-refractivity contribution is 5.46. The van der Waals surface area contributed by atoms with E-state index in [4.69, 9.17) is 0 Å². The molecule has 2 rings (SSSR count). The van der Waals surface area contributed by atoms with Crippen molar-refractivity contribution in [2.24, 2.45) is 11.3 Å². The smallest absolute Gasteiger partial charge is 0.123 e. The largest absolute Gasteiger partial charge is 0.394 e. The number of rotatable bonds is 3. The van der Waals surface area contributed by atoms with E-state index in [1.807, 2.05) is 0 Å². The standard InChI is InChI=1S/C16H24FNO/c1-12-10-15(2,3)8-9-16(12,11-19)18-14-6-4-13(17)5-7-14/h4-7,12,18-19H,8-11H2,1-3H3. The van der Waals surface area contributed by atoms with Crippen molar-refractivity contribution >= 4 is 5.69 Å². The molecule has 106 valence electrons. The van der Waals surface area contributed by atoms with Crippen LogP contribution in [-0.2, 0) is 0 Å². The number of anilines is 1. The van der Waals surface area contributed by atoms with Crippen LogP contribution in [0, 0.1) is 17.2 Å². The Hall–Kier alpha value is -1.09. The Balaban J connectivity index is 2.17. The summed E-state index contributed by atoms with van der Waals surface area (Å²) in [5.74, 6) is 0.146. The van der Waals surface area contributed by atoms with Crippen molar-refractivity contribution in [3.05, 3.63) is 30.1 Å². The lowest BCUT2D eigenvalue weighted by molar-refractivity contribution is 0.0685. The van der Waals surface area contributed by atoms with Crippen molar-refractivity contribution in [3.8, 4) is 0 Å². The van der Waals surface area contributed by atoms with Gasteiger partial charge in [0.2, 0.25) is 0 Å². The molecule has 0 heterocycles. The Morgan fingerprint density at radius 2 is 1.89 bits per heavy atom.